The van der Waals surface area contributed by atoms with Gasteiger partial charge in [-0.2, -0.15) is 0 Å². The summed E-state index contributed by atoms with van der Waals surface area (Å²) in [7, 11) is 0. The second kappa shape index (κ2) is 5.30. The van der Waals surface area contributed by atoms with E-state index in [1.54, 1.807) is 19.1 Å². The van der Waals surface area contributed by atoms with Crippen LogP contribution in [-0.4, -0.2) is 21.4 Å². The average molecular weight is 311 g/mol. The average Bonchev–Trinajstić information content (AvgIpc) is 2.73. The van der Waals surface area contributed by atoms with Gasteiger partial charge >= 0.3 is 5.97 Å². The predicted octanol–water partition coefficient (Wildman–Crippen LogP) is 2.55. The number of halogens is 1. The van der Waals surface area contributed by atoms with Crippen molar-refractivity contribution in [2.45, 2.75) is 19.3 Å². The molecule has 0 aliphatic rings. The van der Waals surface area contributed by atoms with E-state index in [-0.39, 0.29) is 6.42 Å². The number of nitrogens with zero attached hydrogens (tertiary/aromatic N) is 2. The van der Waals surface area contributed by atoms with Crippen LogP contribution in [-0.2, 0) is 11.2 Å². The molecule has 1 atom stereocenters. The fourth-order valence-corrected chi connectivity index (χ4v) is 1.94. The number of carbonyl (C=O) groups is 1. The van der Waals surface area contributed by atoms with E-state index in [9.17, 15) is 9.90 Å². The zero-order valence-corrected chi connectivity index (χ0v) is 11.2. The fraction of sp³-hybridized carbons (Fsp3) is 0.250. The largest absolute Gasteiger partial charge is 0.481 e. The lowest BCUT2D eigenvalue weighted by Crippen LogP contribution is -2.15. The molecule has 5 nitrogen and oxygen atoms in total. The number of aromatic nitrogens is 2. The van der Waals surface area contributed by atoms with E-state index in [2.05, 4.69) is 30.9 Å². The highest BCUT2D eigenvalue weighted by molar-refractivity contribution is 9.10. The molecule has 94 valence electrons. The first-order valence-electron chi connectivity index (χ1n) is 5.34. The van der Waals surface area contributed by atoms with Crippen LogP contribution < -0.4 is 0 Å². The predicted molar refractivity (Wildman–Crippen MR) is 67.3 cm³/mol. The summed E-state index contributed by atoms with van der Waals surface area (Å²) in [6.45, 7) is 1.74. The molecule has 0 fully saturated rings. The molecule has 2 rings (SSSR count). The van der Waals surface area contributed by atoms with Crippen molar-refractivity contribution < 1.29 is 14.5 Å². The molecule has 0 saturated carbocycles. The Morgan fingerprint density at radius 2 is 2.06 bits per heavy atom. The molecule has 18 heavy (non-hydrogen) atoms. The van der Waals surface area contributed by atoms with Gasteiger partial charge in [-0.15, -0.1) is 0 Å². The number of rotatable bonds is 4. The van der Waals surface area contributed by atoms with Crippen molar-refractivity contribution >= 4 is 21.9 Å². The number of carboxylic acid groups (broad SMARTS) is 1. The van der Waals surface area contributed by atoms with Gasteiger partial charge < -0.3 is 5.11 Å². The van der Waals surface area contributed by atoms with E-state index in [1.165, 1.54) is 0 Å². The van der Waals surface area contributed by atoms with Gasteiger partial charge in [0.1, 0.15) is 11.4 Å². The van der Waals surface area contributed by atoms with E-state index < -0.39 is 11.9 Å². The first kappa shape index (κ1) is 12.8. The van der Waals surface area contributed by atoms with Crippen molar-refractivity contribution in [2.24, 2.45) is 0 Å². The van der Waals surface area contributed by atoms with Crippen LogP contribution in [0.25, 0.3) is 0 Å². The number of hydrogen-bond donors (Lipinski definition) is 1. The first-order chi connectivity index (χ1) is 8.58. The molecule has 2 aromatic rings. The molecule has 0 aliphatic heterocycles. The Bertz CT molecular complexity index is 551. The summed E-state index contributed by atoms with van der Waals surface area (Å²) in [6.07, 6.45) is 0.270. The van der Waals surface area contributed by atoms with Crippen molar-refractivity contribution in [3.05, 3.63) is 45.7 Å². The standard InChI is InChI=1S/C12H11BrN2O3/c1-7-11(15-18-14-7)6-10(12(16)17)8-2-4-9(13)5-3-8/h2-5,10H,6H2,1H3,(H,16,17). The highest BCUT2D eigenvalue weighted by Gasteiger charge is 2.23. The smallest absolute Gasteiger partial charge is 0.311 e. The number of aryl methyl sites for hydroxylation is 1. The van der Waals surface area contributed by atoms with E-state index in [1.807, 2.05) is 12.1 Å². The summed E-state index contributed by atoms with van der Waals surface area (Å²) in [5, 5.41) is 16.7. The van der Waals surface area contributed by atoms with Gasteiger partial charge in [0, 0.05) is 10.9 Å². The fourth-order valence-electron chi connectivity index (χ4n) is 1.67. The van der Waals surface area contributed by atoms with Crippen LogP contribution in [0.15, 0.2) is 33.4 Å². The molecule has 0 radical (unpaired) electrons. The quantitative estimate of drug-likeness (QED) is 0.939. The van der Waals surface area contributed by atoms with E-state index >= 15 is 0 Å². The van der Waals surface area contributed by atoms with Crippen LogP contribution in [0.2, 0.25) is 0 Å². The lowest BCUT2D eigenvalue weighted by atomic mass is 9.94. The van der Waals surface area contributed by atoms with Gasteiger partial charge in [0.05, 0.1) is 5.92 Å². The van der Waals surface area contributed by atoms with Crippen LogP contribution in [0.1, 0.15) is 22.9 Å². The SMILES string of the molecule is Cc1nonc1CC(C(=O)O)c1ccc(Br)cc1. The lowest BCUT2D eigenvalue weighted by molar-refractivity contribution is -0.138. The molecule has 1 aromatic heterocycles. The molecule has 0 amide bonds. The van der Waals surface area contributed by atoms with Gasteiger partial charge in [-0.25, -0.2) is 4.63 Å². The number of carboxylic acids is 1. The monoisotopic (exact) mass is 310 g/mol. The molecule has 0 aliphatic carbocycles. The van der Waals surface area contributed by atoms with E-state index in [4.69, 9.17) is 0 Å². The maximum atomic E-state index is 11.3. The summed E-state index contributed by atoms with van der Waals surface area (Å²) >= 11 is 3.32. The van der Waals surface area contributed by atoms with Crippen molar-refractivity contribution in [1.82, 2.24) is 10.3 Å². The summed E-state index contributed by atoms with van der Waals surface area (Å²) in [5.74, 6) is -1.54. The summed E-state index contributed by atoms with van der Waals surface area (Å²) in [5.41, 5.74) is 1.93. The molecular weight excluding hydrogens is 300 g/mol. The van der Waals surface area contributed by atoms with Crippen molar-refractivity contribution in [3.63, 3.8) is 0 Å². The Balaban J connectivity index is 2.27. The molecule has 1 unspecified atom stereocenters. The molecule has 6 heteroatoms. The van der Waals surface area contributed by atoms with Gasteiger partial charge in [-0.3, -0.25) is 4.79 Å². The minimum absolute atomic E-state index is 0.270. The maximum absolute atomic E-state index is 11.3. The van der Waals surface area contributed by atoms with Crippen LogP contribution in [0.5, 0.6) is 0 Å². The normalized spacial score (nSPS) is 12.3. The molecule has 1 N–H and O–H groups in total. The summed E-state index contributed by atoms with van der Waals surface area (Å²) in [6, 6.07) is 7.20. The summed E-state index contributed by atoms with van der Waals surface area (Å²) < 4.78 is 5.49. The van der Waals surface area contributed by atoms with Crippen molar-refractivity contribution in [2.75, 3.05) is 0 Å². The van der Waals surface area contributed by atoms with Crippen molar-refractivity contribution in [3.8, 4) is 0 Å². The molecule has 0 bridgehead atoms. The van der Waals surface area contributed by atoms with Crippen LogP contribution in [0, 0.1) is 6.92 Å². The van der Waals surface area contributed by atoms with Gasteiger partial charge in [0.25, 0.3) is 0 Å². The highest BCUT2D eigenvalue weighted by Crippen LogP contribution is 2.23. The Morgan fingerprint density at radius 3 is 2.56 bits per heavy atom. The van der Waals surface area contributed by atoms with Gasteiger partial charge in [0.15, 0.2) is 0 Å². The van der Waals surface area contributed by atoms with Gasteiger partial charge in [-0.1, -0.05) is 38.4 Å². The second-order valence-corrected chi connectivity index (χ2v) is 4.86. The van der Waals surface area contributed by atoms with Crippen molar-refractivity contribution in [1.29, 1.82) is 0 Å². The number of hydrogen-bond acceptors (Lipinski definition) is 4. The van der Waals surface area contributed by atoms with E-state index in [0.717, 1.165) is 10.0 Å². The van der Waals surface area contributed by atoms with E-state index in [0.29, 0.717) is 11.4 Å². The van der Waals surface area contributed by atoms with Crippen LogP contribution >= 0.6 is 15.9 Å². The Labute approximate surface area is 112 Å². The minimum atomic E-state index is -0.889. The molecular formula is C12H11BrN2O3. The van der Waals surface area contributed by atoms with Gasteiger partial charge in [0.2, 0.25) is 0 Å². The Kier molecular flexibility index (Phi) is 3.76. The first-order valence-corrected chi connectivity index (χ1v) is 6.13. The maximum Gasteiger partial charge on any atom is 0.311 e. The third kappa shape index (κ3) is 2.76. The number of aliphatic carboxylic acids is 1. The topological polar surface area (TPSA) is 76.2 Å². The lowest BCUT2D eigenvalue weighted by Gasteiger charge is -2.11. The Morgan fingerprint density at radius 1 is 1.39 bits per heavy atom. The van der Waals surface area contributed by atoms with Gasteiger partial charge in [-0.05, 0) is 24.6 Å². The Hall–Kier alpha value is -1.69. The molecule has 0 saturated heterocycles. The highest BCUT2D eigenvalue weighted by atomic mass is 79.9. The zero-order chi connectivity index (χ0) is 13.1. The summed E-state index contributed by atoms with van der Waals surface area (Å²) in [4.78, 5) is 11.3. The third-order valence-corrected chi connectivity index (χ3v) is 3.24. The molecule has 1 heterocycles. The number of benzene rings is 1. The molecule has 0 spiro atoms. The molecule has 1 aromatic carbocycles. The van der Waals surface area contributed by atoms with Crippen LogP contribution in [0.4, 0.5) is 0 Å². The zero-order valence-electron chi connectivity index (χ0n) is 9.63. The second-order valence-electron chi connectivity index (χ2n) is 3.94. The minimum Gasteiger partial charge on any atom is -0.481 e. The van der Waals surface area contributed by atoms with Crippen LogP contribution in [0.3, 0.4) is 0 Å². The third-order valence-electron chi connectivity index (χ3n) is 2.71.